The van der Waals surface area contributed by atoms with Crippen LogP contribution >= 0.6 is 43.5 Å². The number of piperazine rings is 3. The first-order valence-corrected chi connectivity index (χ1v) is 33.6. The van der Waals surface area contributed by atoms with Gasteiger partial charge in [0.25, 0.3) is 0 Å². The van der Waals surface area contributed by atoms with Gasteiger partial charge in [-0.1, -0.05) is 74.5 Å². The van der Waals surface area contributed by atoms with E-state index in [9.17, 15) is 18.0 Å². The second-order valence-corrected chi connectivity index (χ2v) is 25.0. The molecule has 1 amide bonds. The average molecular weight is 1470 g/mol. The van der Waals surface area contributed by atoms with E-state index in [-0.39, 0.29) is 11.2 Å². The molecular weight excluding hydrogens is 1390 g/mol. The number of hydrogen-bond donors (Lipinski definition) is 5. The number of halogens is 6. The van der Waals surface area contributed by atoms with Crippen LogP contribution in [0.4, 0.5) is 64.9 Å². The number of aldehydes is 1. The normalized spacial score (nSPS) is 14.2. The van der Waals surface area contributed by atoms with Crippen molar-refractivity contribution in [3.63, 3.8) is 0 Å². The summed E-state index contributed by atoms with van der Waals surface area (Å²) in [4.78, 5) is 61.1. The van der Waals surface area contributed by atoms with Crippen molar-refractivity contribution in [2.75, 3.05) is 143 Å². The van der Waals surface area contributed by atoms with E-state index in [2.05, 4.69) is 197 Å². The summed E-state index contributed by atoms with van der Waals surface area (Å²) in [5, 5.41) is 20.7. The molecule has 19 nitrogen and oxygen atoms in total. The Morgan fingerprint density at radius 2 is 0.979 bits per heavy atom. The molecule has 97 heavy (non-hydrogen) atoms. The SMILES string of the molecule is C=CC(=O)Nc1cccc(-c2cccc3cnc(Nc4ccc(N5CCN(C)CC5)cc4)nc23)c1.CCCCO.CN1CCN(c2ccc(N)cc2)CC1.CN1CCN(c2ccc(Nc3ncc4cccc(Br)c4n3)cc2)CC1.Clc1ncc2cccc(Br)c2n1.O=CC(F)(F)F. The van der Waals surface area contributed by atoms with Crippen molar-refractivity contribution in [3.8, 4) is 11.1 Å². The maximum atomic E-state index is 11.7. The van der Waals surface area contributed by atoms with Gasteiger partial charge in [-0.2, -0.15) is 13.2 Å². The van der Waals surface area contributed by atoms with Crippen molar-refractivity contribution in [2.45, 2.75) is 25.9 Å². The standard InChI is InChI=1S/C28H28N6O.C19H20BrN5.C11H17N3.C8H4BrClN2.C4H10O.C2HF3O/c1-3-26(35)30-23-8-4-6-20(18-23)25-9-5-7-21-19-29-28(32-27(21)25)31-22-10-12-24(13-11-22)34-16-14-33(2)15-17-34;1-24-9-11-25(12-10-24)16-7-5-15(6-8-16)22-19-21-13-14-3-2-4-17(20)18(14)23-19;1-13-6-8-14(9-7-13)11-4-2-10(12)3-5-11;9-6-3-1-2-5-4-11-8(10)12-7(5)6;1-2-3-4-5;3-2(4,5)1-6/h3-13,18-19H,1,14-17H2,2H3,(H,30,35)(H,29,31,32);2-8,13H,9-12H2,1H3,(H,21,22,23);2-5H,6-9,12H2,1H3;1-4H;5H,2-4H2,1H3;1H. The van der Waals surface area contributed by atoms with Crippen LogP contribution in [-0.4, -0.2) is 174 Å². The number of nitrogens with one attached hydrogen (secondary N) is 3. The zero-order valence-corrected chi connectivity index (χ0v) is 58.5. The van der Waals surface area contributed by atoms with Gasteiger partial charge in [0.1, 0.15) is 0 Å². The van der Waals surface area contributed by atoms with Crippen LogP contribution in [0.1, 0.15) is 19.8 Å². The van der Waals surface area contributed by atoms with Gasteiger partial charge in [-0.25, -0.2) is 29.9 Å². The lowest BCUT2D eigenvalue weighted by Crippen LogP contribution is -2.44. The first kappa shape index (κ1) is 73.9. The Kier molecular flexibility index (Phi) is 28.2. The van der Waals surface area contributed by atoms with Crippen LogP contribution in [0.2, 0.25) is 5.28 Å². The van der Waals surface area contributed by atoms with Crippen molar-refractivity contribution in [3.05, 3.63) is 197 Å². The van der Waals surface area contributed by atoms with Crippen LogP contribution < -0.4 is 36.4 Å². The van der Waals surface area contributed by atoms with Crippen LogP contribution in [0.5, 0.6) is 0 Å². The molecule has 508 valence electrons. The third-order valence-electron chi connectivity index (χ3n) is 15.7. The summed E-state index contributed by atoms with van der Waals surface area (Å²) in [6, 6.07) is 50.5. The third kappa shape index (κ3) is 23.2. The monoisotopic (exact) mass is 1470 g/mol. The second-order valence-electron chi connectivity index (χ2n) is 22.9. The molecule has 0 bridgehead atoms. The molecule has 3 saturated heterocycles. The first-order valence-electron chi connectivity index (χ1n) is 31.6. The Labute approximate surface area is 585 Å². The van der Waals surface area contributed by atoms with Gasteiger partial charge in [-0.3, -0.25) is 9.59 Å². The highest BCUT2D eigenvalue weighted by Gasteiger charge is 2.25. The predicted molar refractivity (Wildman–Crippen MR) is 397 cm³/mol. The maximum absolute atomic E-state index is 11.7. The van der Waals surface area contributed by atoms with Gasteiger partial charge in [0.2, 0.25) is 29.4 Å². The van der Waals surface area contributed by atoms with Gasteiger partial charge < -0.3 is 56.2 Å². The number of amides is 1. The lowest BCUT2D eigenvalue weighted by Gasteiger charge is -2.34. The number of hydrogen-bond acceptors (Lipinski definition) is 18. The topological polar surface area (TPSA) is 213 Å². The molecule has 0 saturated carbocycles. The van der Waals surface area contributed by atoms with Crippen LogP contribution in [0.15, 0.2) is 192 Å². The molecule has 25 heteroatoms. The molecule has 7 aromatic carbocycles. The Morgan fingerprint density at radius 3 is 1.40 bits per heavy atom. The number of carbonyl (C=O) groups is 2. The fourth-order valence-electron chi connectivity index (χ4n) is 10.2. The van der Waals surface area contributed by atoms with E-state index in [4.69, 9.17) is 32.2 Å². The van der Waals surface area contributed by atoms with Crippen LogP contribution in [0, 0.1) is 0 Å². The number of benzene rings is 7. The first-order chi connectivity index (χ1) is 46.8. The Balaban J connectivity index is 0.000000168. The molecule has 13 rings (SSSR count). The van der Waals surface area contributed by atoms with E-state index in [1.54, 1.807) is 6.20 Å². The molecule has 6 heterocycles. The molecule has 6 N–H and O–H groups in total. The average Bonchev–Trinajstić information content (AvgIpc) is 0.867. The number of nitrogens with two attached hydrogens (primary N) is 1. The summed E-state index contributed by atoms with van der Waals surface area (Å²) in [5.41, 5.74) is 17.4. The van der Waals surface area contributed by atoms with E-state index >= 15 is 0 Å². The van der Waals surface area contributed by atoms with E-state index in [1.165, 1.54) is 23.1 Å². The van der Waals surface area contributed by atoms with E-state index in [1.807, 2.05) is 103 Å². The number of carbonyl (C=O) groups excluding carboxylic acids is 2. The molecule has 0 spiro atoms. The number of nitrogens with zero attached hydrogens (tertiary/aromatic N) is 12. The van der Waals surface area contributed by atoms with Crippen LogP contribution in [0.25, 0.3) is 43.8 Å². The lowest BCUT2D eigenvalue weighted by molar-refractivity contribution is -0.156. The van der Waals surface area contributed by atoms with Crippen molar-refractivity contribution < 1.29 is 27.9 Å². The number of nitrogen functional groups attached to an aromatic ring is 1. The maximum Gasteiger partial charge on any atom is 0.446 e. The quantitative estimate of drug-likeness (QED) is 0.0333. The minimum Gasteiger partial charge on any atom is -0.399 e. The smallest absolute Gasteiger partial charge is 0.399 e. The molecule has 10 aromatic rings. The summed E-state index contributed by atoms with van der Waals surface area (Å²) < 4.78 is 33.2. The van der Waals surface area contributed by atoms with Crippen molar-refractivity contribution in [2.24, 2.45) is 0 Å². The number of aromatic nitrogens is 6. The second kappa shape index (κ2) is 37.0. The van der Waals surface area contributed by atoms with Gasteiger partial charge in [0, 0.05) is 174 Å². The Hall–Kier alpha value is -8.88. The van der Waals surface area contributed by atoms with Gasteiger partial charge in [-0.05, 0) is 180 Å². The molecular formula is C72H80Br2ClF3N16O3. The highest BCUT2D eigenvalue weighted by Crippen LogP contribution is 2.32. The van der Waals surface area contributed by atoms with Crippen molar-refractivity contribution in [1.29, 1.82) is 0 Å². The molecule has 3 aromatic heterocycles. The molecule has 0 aliphatic carbocycles. The van der Waals surface area contributed by atoms with Crippen molar-refractivity contribution in [1.82, 2.24) is 44.6 Å². The third-order valence-corrected chi connectivity index (χ3v) is 17.2. The number of para-hydroxylation sites is 3. The number of anilines is 9. The number of aliphatic hydroxyl groups is 1. The predicted octanol–water partition coefficient (Wildman–Crippen LogP) is 14.4. The summed E-state index contributed by atoms with van der Waals surface area (Å²) in [6.07, 6.45) is 2.97. The molecule has 0 radical (unpaired) electrons. The number of aliphatic hydroxyl groups excluding tert-OH is 1. The summed E-state index contributed by atoms with van der Waals surface area (Å²) in [5.74, 6) is 0.896. The number of likely N-dealkylation sites (N-methyl/N-ethyl adjacent to an activating group) is 3. The fourth-order valence-corrected chi connectivity index (χ4v) is 11.3. The number of alkyl halides is 3. The van der Waals surface area contributed by atoms with Gasteiger partial charge in [0.05, 0.1) is 16.6 Å². The zero-order valence-electron chi connectivity index (χ0n) is 54.6. The largest absolute Gasteiger partial charge is 0.446 e. The molecule has 3 aliphatic rings. The minimum absolute atomic E-state index is 0.243. The highest BCUT2D eigenvalue weighted by molar-refractivity contribution is 9.11. The van der Waals surface area contributed by atoms with Gasteiger partial charge >= 0.3 is 6.18 Å². The minimum atomic E-state index is -4.64. The Bertz CT molecular complexity index is 4140. The fraction of sp³-hybridized carbons (Fsp3) is 0.278. The molecule has 3 aliphatic heterocycles. The van der Waals surface area contributed by atoms with E-state index < -0.39 is 12.5 Å². The number of fused-ring (bicyclic) bond motifs is 3. The number of rotatable bonds is 12. The lowest BCUT2D eigenvalue weighted by atomic mass is 10.0. The van der Waals surface area contributed by atoms with E-state index in [0.29, 0.717) is 24.2 Å². The summed E-state index contributed by atoms with van der Waals surface area (Å²) in [7, 11) is 6.50. The summed E-state index contributed by atoms with van der Waals surface area (Å²) >= 11 is 12.6. The van der Waals surface area contributed by atoms with Gasteiger partial charge in [0.15, 0.2) is 0 Å². The molecule has 3 fully saturated rings. The van der Waals surface area contributed by atoms with Crippen LogP contribution in [-0.2, 0) is 9.59 Å². The summed E-state index contributed by atoms with van der Waals surface area (Å²) in [6.45, 7) is 19.0. The molecule has 0 atom stereocenters. The zero-order chi connectivity index (χ0) is 69.3. The number of unbranched alkanes of at least 4 members (excludes halogenated alkanes) is 1. The van der Waals surface area contributed by atoms with Gasteiger partial charge in [-0.15, -0.1) is 0 Å². The van der Waals surface area contributed by atoms with Crippen LogP contribution in [0.3, 0.4) is 0 Å². The molecule has 0 unspecified atom stereocenters. The van der Waals surface area contributed by atoms with Crippen molar-refractivity contribution >= 4 is 140 Å². The Morgan fingerprint density at radius 1 is 0.577 bits per heavy atom. The highest BCUT2D eigenvalue weighted by atomic mass is 79.9. The van der Waals surface area contributed by atoms with E-state index in [0.717, 1.165) is 161 Å².